The van der Waals surface area contributed by atoms with Crippen molar-refractivity contribution in [2.45, 2.75) is 46.1 Å². The van der Waals surface area contributed by atoms with Crippen LogP contribution in [0.15, 0.2) is 0 Å². The molecule has 0 rings (SSSR count). The maximum Gasteiger partial charge on any atom is 0.234 e. The summed E-state index contributed by atoms with van der Waals surface area (Å²) >= 11 is 0. The summed E-state index contributed by atoms with van der Waals surface area (Å²) in [5.41, 5.74) is 0. The van der Waals surface area contributed by atoms with Crippen molar-refractivity contribution in [1.29, 1.82) is 0 Å². The van der Waals surface area contributed by atoms with Crippen molar-refractivity contribution in [2.24, 2.45) is 0 Å². The van der Waals surface area contributed by atoms with Crippen molar-refractivity contribution in [3.8, 4) is 0 Å². The minimum absolute atomic E-state index is 0.00541. The van der Waals surface area contributed by atoms with Crippen molar-refractivity contribution in [3.05, 3.63) is 0 Å². The first-order valence-corrected chi connectivity index (χ1v) is 9.15. The maximum atomic E-state index is 11.6. The molecule has 1 amide bonds. The molecule has 0 bridgehead atoms. The lowest BCUT2D eigenvalue weighted by molar-refractivity contribution is -0.121. The lowest BCUT2D eigenvalue weighted by Crippen LogP contribution is -2.40. The van der Waals surface area contributed by atoms with Gasteiger partial charge in [0, 0.05) is 19.1 Å². The normalized spacial score (nSPS) is 12.1. The molecule has 0 heterocycles. The van der Waals surface area contributed by atoms with E-state index in [-0.39, 0.29) is 18.5 Å². The third kappa shape index (κ3) is 8.50. The van der Waals surface area contributed by atoms with E-state index in [0.717, 1.165) is 12.8 Å². The van der Waals surface area contributed by atoms with E-state index in [4.69, 9.17) is 0 Å². The van der Waals surface area contributed by atoms with Crippen LogP contribution in [0.2, 0.25) is 0 Å². The van der Waals surface area contributed by atoms with Gasteiger partial charge in [0.25, 0.3) is 0 Å². The van der Waals surface area contributed by atoms with Crippen molar-refractivity contribution < 1.29 is 13.2 Å². The number of rotatable bonds is 11. The third-order valence-corrected chi connectivity index (χ3v) is 4.60. The maximum absolute atomic E-state index is 11.6. The molecule has 0 unspecified atom stereocenters. The Labute approximate surface area is 123 Å². The summed E-state index contributed by atoms with van der Waals surface area (Å²) in [5.74, 6) is -0.00541. The van der Waals surface area contributed by atoms with Crippen LogP contribution in [-0.2, 0) is 14.8 Å². The van der Waals surface area contributed by atoms with Crippen LogP contribution in [0.4, 0.5) is 0 Å². The highest BCUT2D eigenvalue weighted by atomic mass is 32.2. The van der Waals surface area contributed by atoms with Crippen LogP contribution in [0, 0.1) is 0 Å². The van der Waals surface area contributed by atoms with E-state index >= 15 is 0 Å². The van der Waals surface area contributed by atoms with Gasteiger partial charge in [-0.2, -0.15) is 0 Å². The second kappa shape index (κ2) is 10.1. The summed E-state index contributed by atoms with van der Waals surface area (Å²) in [7, 11) is -3.11. The Bertz CT molecular complexity index is 367. The summed E-state index contributed by atoms with van der Waals surface area (Å²) in [4.78, 5) is 11.6. The topological polar surface area (TPSA) is 78.5 Å². The SMILES string of the molecule is CCC(CC)NC(=O)CNCCCN(CC)S(C)(=O)=O. The molecule has 0 saturated heterocycles. The number of sulfonamides is 1. The molecule has 0 aliphatic rings. The molecule has 0 fully saturated rings. The molecule has 20 heavy (non-hydrogen) atoms. The minimum Gasteiger partial charge on any atom is -0.352 e. The molecular formula is C13H29N3O3S. The monoisotopic (exact) mass is 307 g/mol. The molecule has 0 atom stereocenters. The Morgan fingerprint density at radius 2 is 1.80 bits per heavy atom. The number of hydrogen-bond donors (Lipinski definition) is 2. The number of hydrogen-bond acceptors (Lipinski definition) is 4. The van der Waals surface area contributed by atoms with E-state index < -0.39 is 10.0 Å². The number of carbonyl (C=O) groups is 1. The third-order valence-electron chi connectivity index (χ3n) is 3.22. The van der Waals surface area contributed by atoms with Crippen LogP contribution in [0.5, 0.6) is 0 Å². The van der Waals surface area contributed by atoms with Crippen LogP contribution >= 0.6 is 0 Å². The zero-order chi connectivity index (χ0) is 15.6. The Morgan fingerprint density at radius 3 is 2.25 bits per heavy atom. The van der Waals surface area contributed by atoms with E-state index in [9.17, 15) is 13.2 Å². The van der Waals surface area contributed by atoms with Crippen LogP contribution in [0.3, 0.4) is 0 Å². The van der Waals surface area contributed by atoms with E-state index in [1.807, 2.05) is 20.8 Å². The first kappa shape index (κ1) is 19.3. The van der Waals surface area contributed by atoms with Crippen LogP contribution in [-0.4, -0.2) is 57.1 Å². The van der Waals surface area contributed by atoms with Gasteiger partial charge in [-0.3, -0.25) is 4.79 Å². The number of carbonyl (C=O) groups excluding carboxylic acids is 1. The molecule has 0 aromatic rings. The van der Waals surface area contributed by atoms with Gasteiger partial charge in [-0.15, -0.1) is 0 Å². The Balaban J connectivity index is 3.79. The minimum atomic E-state index is -3.11. The van der Waals surface area contributed by atoms with Gasteiger partial charge in [0.1, 0.15) is 0 Å². The highest BCUT2D eigenvalue weighted by Crippen LogP contribution is 1.98. The molecule has 0 saturated carbocycles. The molecule has 6 nitrogen and oxygen atoms in total. The number of amides is 1. The summed E-state index contributed by atoms with van der Waals surface area (Å²) in [5, 5.41) is 5.98. The van der Waals surface area contributed by atoms with Gasteiger partial charge in [-0.1, -0.05) is 20.8 Å². The molecule has 0 spiro atoms. The van der Waals surface area contributed by atoms with E-state index in [1.54, 1.807) is 0 Å². The Morgan fingerprint density at radius 1 is 1.20 bits per heavy atom. The first-order chi connectivity index (χ1) is 9.35. The molecule has 120 valence electrons. The fourth-order valence-corrected chi connectivity index (χ4v) is 2.84. The highest BCUT2D eigenvalue weighted by molar-refractivity contribution is 7.88. The zero-order valence-corrected chi connectivity index (χ0v) is 13.9. The summed E-state index contributed by atoms with van der Waals surface area (Å²) < 4.78 is 24.2. The molecule has 0 aliphatic carbocycles. The van der Waals surface area contributed by atoms with Gasteiger partial charge in [0.05, 0.1) is 12.8 Å². The fourth-order valence-electron chi connectivity index (χ4n) is 1.91. The fraction of sp³-hybridized carbons (Fsp3) is 0.923. The lowest BCUT2D eigenvalue weighted by atomic mass is 10.2. The quantitative estimate of drug-likeness (QED) is 0.547. The van der Waals surface area contributed by atoms with Gasteiger partial charge in [-0.25, -0.2) is 12.7 Å². The summed E-state index contributed by atoms with van der Waals surface area (Å²) in [6.07, 6.45) is 3.77. The molecule has 2 N–H and O–H groups in total. The Kier molecular flexibility index (Phi) is 9.79. The van der Waals surface area contributed by atoms with Gasteiger partial charge in [0.15, 0.2) is 0 Å². The van der Waals surface area contributed by atoms with Crippen molar-refractivity contribution in [3.63, 3.8) is 0 Å². The average Bonchev–Trinajstić information content (AvgIpc) is 2.38. The van der Waals surface area contributed by atoms with Gasteiger partial charge >= 0.3 is 0 Å². The first-order valence-electron chi connectivity index (χ1n) is 7.30. The van der Waals surface area contributed by atoms with Crippen LogP contribution in [0.1, 0.15) is 40.0 Å². The molecule has 0 aromatic carbocycles. The number of nitrogens with zero attached hydrogens (tertiary/aromatic N) is 1. The van der Waals surface area contributed by atoms with Crippen LogP contribution in [0.25, 0.3) is 0 Å². The molecule has 0 aromatic heterocycles. The molecule has 0 radical (unpaired) electrons. The smallest absolute Gasteiger partial charge is 0.234 e. The Hall–Kier alpha value is -0.660. The zero-order valence-electron chi connectivity index (χ0n) is 13.1. The van der Waals surface area contributed by atoms with Crippen molar-refractivity contribution >= 4 is 15.9 Å². The summed E-state index contributed by atoms with van der Waals surface area (Å²) in [6.45, 7) is 7.78. The largest absolute Gasteiger partial charge is 0.352 e. The predicted molar refractivity (Wildman–Crippen MR) is 82.1 cm³/mol. The standard InChI is InChI=1S/C13H29N3O3S/c1-5-12(6-2)15-13(17)11-14-9-8-10-16(7-3)20(4,18)19/h12,14H,5-11H2,1-4H3,(H,15,17). The van der Waals surface area contributed by atoms with Crippen molar-refractivity contribution in [1.82, 2.24) is 14.9 Å². The second-order valence-corrected chi connectivity index (χ2v) is 6.85. The second-order valence-electron chi connectivity index (χ2n) is 4.87. The lowest BCUT2D eigenvalue weighted by Gasteiger charge is -2.18. The van der Waals surface area contributed by atoms with Gasteiger partial charge in [0.2, 0.25) is 15.9 Å². The molecule has 0 aliphatic heterocycles. The molecular weight excluding hydrogens is 278 g/mol. The van der Waals surface area contributed by atoms with E-state index in [0.29, 0.717) is 26.1 Å². The molecule has 7 heteroatoms. The van der Waals surface area contributed by atoms with Gasteiger partial charge < -0.3 is 10.6 Å². The van der Waals surface area contributed by atoms with Gasteiger partial charge in [-0.05, 0) is 25.8 Å². The van der Waals surface area contributed by atoms with Crippen molar-refractivity contribution in [2.75, 3.05) is 32.4 Å². The predicted octanol–water partition coefficient (Wildman–Crippen LogP) is 0.552. The summed E-state index contributed by atoms with van der Waals surface area (Å²) in [6, 6.07) is 0.241. The number of nitrogens with one attached hydrogen (secondary N) is 2. The highest BCUT2D eigenvalue weighted by Gasteiger charge is 2.13. The van der Waals surface area contributed by atoms with Crippen LogP contribution < -0.4 is 10.6 Å². The van der Waals surface area contributed by atoms with E-state index in [2.05, 4.69) is 10.6 Å². The van der Waals surface area contributed by atoms with E-state index in [1.165, 1.54) is 10.6 Å². The average molecular weight is 307 g/mol.